The molecule has 0 atom stereocenters. The number of aliphatic carboxylic acids is 1. The molecule has 0 saturated carbocycles. The van der Waals surface area contributed by atoms with Gasteiger partial charge in [0.1, 0.15) is 5.60 Å². The van der Waals surface area contributed by atoms with Crippen molar-refractivity contribution in [2.45, 2.75) is 19.4 Å². The number of hydrogen-bond donors (Lipinski definition) is 1. The first-order valence-corrected chi connectivity index (χ1v) is 3.69. The molecule has 0 aromatic heterocycles. The molecule has 0 spiro atoms. The van der Waals surface area contributed by atoms with Crippen molar-refractivity contribution in [3.63, 3.8) is 0 Å². The van der Waals surface area contributed by atoms with E-state index in [0.29, 0.717) is 0 Å². The van der Waals surface area contributed by atoms with Crippen LogP contribution in [0.2, 0.25) is 0 Å². The molecule has 1 N–H and O–H groups in total. The highest BCUT2D eigenvalue weighted by molar-refractivity contribution is 6.15. The number of cyclic esters (lactones) is 1. The van der Waals surface area contributed by atoms with Gasteiger partial charge in [-0.2, -0.15) is 0 Å². The molecule has 0 aromatic rings. The summed E-state index contributed by atoms with van der Waals surface area (Å²) in [5.41, 5.74) is -1.56. The van der Waals surface area contributed by atoms with E-state index in [-0.39, 0.29) is 5.57 Å². The topological polar surface area (TPSA) is 86.7 Å². The lowest BCUT2D eigenvalue weighted by Gasteiger charge is -2.19. The minimum atomic E-state index is -1.61. The lowest BCUT2D eigenvalue weighted by molar-refractivity contribution is -0.299. The zero-order chi connectivity index (χ0) is 10.2. The van der Waals surface area contributed by atoms with Crippen molar-refractivity contribution < 1.29 is 24.5 Å². The Morgan fingerprint density at radius 2 is 2.15 bits per heavy atom. The molecule has 0 bridgehead atoms. The molecular weight excluding hydrogens is 176 g/mol. The maximum Gasteiger partial charge on any atom is 0.341 e. The minimum Gasteiger partial charge on any atom is -0.545 e. The average molecular weight is 185 g/mol. The summed E-state index contributed by atoms with van der Waals surface area (Å²) >= 11 is 0. The summed E-state index contributed by atoms with van der Waals surface area (Å²) in [6.45, 7) is 2.49. The molecule has 0 aliphatic carbocycles. The summed E-state index contributed by atoms with van der Waals surface area (Å²) in [6.07, 6.45) is 0. The lowest BCUT2D eigenvalue weighted by Crippen LogP contribution is -2.28. The van der Waals surface area contributed by atoms with Crippen molar-refractivity contribution in [2.75, 3.05) is 6.61 Å². The Bertz CT molecular complexity index is 300. The lowest BCUT2D eigenvalue weighted by atomic mass is 9.96. The van der Waals surface area contributed by atoms with Crippen LogP contribution < -0.4 is 5.11 Å². The quantitative estimate of drug-likeness (QED) is 0.412. The van der Waals surface area contributed by atoms with Crippen LogP contribution in [0.5, 0.6) is 0 Å². The summed E-state index contributed by atoms with van der Waals surface area (Å²) in [7, 11) is 0. The molecule has 1 rings (SSSR count). The fourth-order valence-electron chi connectivity index (χ4n) is 1.24. The van der Waals surface area contributed by atoms with Gasteiger partial charge >= 0.3 is 5.97 Å². The molecule has 1 aliphatic heterocycles. The van der Waals surface area contributed by atoms with Crippen LogP contribution in [0.1, 0.15) is 13.8 Å². The van der Waals surface area contributed by atoms with E-state index in [4.69, 9.17) is 9.84 Å². The number of carboxylic acid groups (broad SMARTS) is 1. The van der Waals surface area contributed by atoms with Gasteiger partial charge in [0.05, 0.1) is 18.1 Å². The van der Waals surface area contributed by atoms with Gasteiger partial charge in [-0.15, -0.1) is 0 Å². The number of hydrogen-bond acceptors (Lipinski definition) is 5. The molecule has 13 heavy (non-hydrogen) atoms. The third kappa shape index (κ3) is 1.42. The number of aliphatic hydroxyl groups excluding tert-OH is 1. The van der Waals surface area contributed by atoms with Crippen LogP contribution in [-0.2, 0) is 14.3 Å². The molecule has 72 valence electrons. The van der Waals surface area contributed by atoms with Gasteiger partial charge in [-0.05, 0) is 13.8 Å². The van der Waals surface area contributed by atoms with Crippen LogP contribution in [0.15, 0.2) is 11.1 Å². The van der Waals surface area contributed by atoms with Crippen molar-refractivity contribution in [2.24, 2.45) is 0 Å². The predicted octanol–water partition coefficient (Wildman–Crippen LogP) is -1.64. The third-order valence-corrected chi connectivity index (χ3v) is 1.94. The largest absolute Gasteiger partial charge is 0.545 e. The minimum absolute atomic E-state index is 0.0532. The van der Waals surface area contributed by atoms with Gasteiger partial charge in [0.15, 0.2) is 0 Å². The van der Waals surface area contributed by atoms with Gasteiger partial charge < -0.3 is 19.7 Å². The second kappa shape index (κ2) is 2.85. The summed E-state index contributed by atoms with van der Waals surface area (Å²) in [4.78, 5) is 21.5. The van der Waals surface area contributed by atoms with Crippen molar-refractivity contribution in [1.82, 2.24) is 0 Å². The molecule has 0 amide bonds. The van der Waals surface area contributed by atoms with E-state index in [1.165, 1.54) is 13.8 Å². The van der Waals surface area contributed by atoms with Gasteiger partial charge in [0.2, 0.25) is 0 Å². The highest BCUT2D eigenvalue weighted by atomic mass is 16.6. The molecule has 0 fully saturated rings. The number of esters is 1. The normalized spacial score (nSPS) is 20.4. The summed E-state index contributed by atoms with van der Waals surface area (Å²) < 4.78 is 4.73. The number of carboxylic acids is 1. The Kier molecular flexibility index (Phi) is 2.13. The predicted molar refractivity (Wildman–Crippen MR) is 39.3 cm³/mol. The van der Waals surface area contributed by atoms with Crippen molar-refractivity contribution in [1.29, 1.82) is 0 Å². The van der Waals surface area contributed by atoms with E-state index >= 15 is 0 Å². The van der Waals surface area contributed by atoms with Gasteiger partial charge in [-0.25, -0.2) is 4.79 Å². The van der Waals surface area contributed by atoms with Crippen LogP contribution in [0.25, 0.3) is 0 Å². The maximum absolute atomic E-state index is 11.0. The fourth-order valence-corrected chi connectivity index (χ4v) is 1.24. The molecule has 0 aromatic carbocycles. The van der Waals surface area contributed by atoms with E-state index in [1.54, 1.807) is 0 Å². The van der Waals surface area contributed by atoms with Gasteiger partial charge in [0, 0.05) is 5.57 Å². The third-order valence-electron chi connectivity index (χ3n) is 1.94. The number of ether oxygens (including phenoxy) is 1. The Morgan fingerprint density at radius 1 is 1.62 bits per heavy atom. The number of carbonyl (C=O) groups is 2. The van der Waals surface area contributed by atoms with E-state index in [9.17, 15) is 14.7 Å². The smallest absolute Gasteiger partial charge is 0.341 e. The second-order valence-electron chi connectivity index (χ2n) is 3.20. The average Bonchev–Trinajstić information content (AvgIpc) is 2.18. The molecule has 0 radical (unpaired) electrons. The monoisotopic (exact) mass is 185 g/mol. The molecule has 5 heteroatoms. The van der Waals surface area contributed by atoms with Crippen LogP contribution in [0.4, 0.5) is 0 Å². The van der Waals surface area contributed by atoms with Crippen LogP contribution in [0.3, 0.4) is 0 Å². The molecule has 5 nitrogen and oxygen atoms in total. The van der Waals surface area contributed by atoms with Gasteiger partial charge in [-0.1, -0.05) is 0 Å². The fraction of sp³-hybridized carbons (Fsp3) is 0.500. The zero-order valence-electron chi connectivity index (χ0n) is 7.29. The second-order valence-corrected chi connectivity index (χ2v) is 3.20. The highest BCUT2D eigenvalue weighted by Gasteiger charge is 2.40. The number of aliphatic hydroxyl groups is 1. The number of carbonyl (C=O) groups excluding carboxylic acids is 2. The Balaban J connectivity index is 3.24. The standard InChI is InChI=1S/C8H10O5/c1-8(2)4(3-9)5(6(10)11)7(12)13-8/h9H,3H2,1-2H3,(H,10,11)/p-1. The van der Waals surface area contributed by atoms with Crippen LogP contribution in [0, 0.1) is 0 Å². The van der Waals surface area contributed by atoms with Gasteiger partial charge in [-0.3, -0.25) is 0 Å². The summed E-state index contributed by atoms with van der Waals surface area (Å²) in [5, 5.41) is 19.3. The zero-order valence-corrected chi connectivity index (χ0v) is 7.29. The first kappa shape index (κ1) is 9.73. The molecule has 0 unspecified atom stereocenters. The molecular formula is C8H9O5-. The molecule has 1 aliphatic rings. The molecule has 1 heterocycles. The van der Waals surface area contributed by atoms with Crippen LogP contribution >= 0.6 is 0 Å². The van der Waals surface area contributed by atoms with E-state index in [2.05, 4.69) is 0 Å². The van der Waals surface area contributed by atoms with Crippen molar-refractivity contribution >= 4 is 11.9 Å². The number of rotatable bonds is 2. The Labute approximate surface area is 74.6 Å². The van der Waals surface area contributed by atoms with Crippen molar-refractivity contribution in [3.8, 4) is 0 Å². The highest BCUT2D eigenvalue weighted by Crippen LogP contribution is 2.31. The Hall–Kier alpha value is -1.36. The molecule has 0 saturated heterocycles. The van der Waals surface area contributed by atoms with Gasteiger partial charge in [0.25, 0.3) is 0 Å². The summed E-state index contributed by atoms with van der Waals surface area (Å²) in [5.74, 6) is -2.56. The SMILES string of the molecule is CC1(C)OC(=O)C(C(=O)[O-])=C1CO. The van der Waals surface area contributed by atoms with Crippen molar-refractivity contribution in [3.05, 3.63) is 11.1 Å². The van der Waals surface area contributed by atoms with E-state index < -0.39 is 29.7 Å². The first-order valence-electron chi connectivity index (χ1n) is 3.69. The Morgan fingerprint density at radius 3 is 2.46 bits per heavy atom. The maximum atomic E-state index is 11.0. The summed E-state index contributed by atoms with van der Waals surface area (Å²) in [6, 6.07) is 0. The van der Waals surface area contributed by atoms with E-state index in [1.807, 2.05) is 0 Å². The van der Waals surface area contributed by atoms with E-state index in [0.717, 1.165) is 0 Å². The first-order chi connectivity index (χ1) is 5.90. The van der Waals surface area contributed by atoms with Crippen LogP contribution in [-0.4, -0.2) is 29.3 Å².